The number of hydrogen-bond donors (Lipinski definition) is 1. The van der Waals surface area contributed by atoms with Crippen LogP contribution in [-0.2, 0) is 11.0 Å². The van der Waals surface area contributed by atoms with Gasteiger partial charge in [0.1, 0.15) is 11.5 Å². The van der Waals surface area contributed by atoms with E-state index in [1.807, 2.05) is 0 Å². The molecule has 0 bridgehead atoms. The van der Waals surface area contributed by atoms with Crippen molar-refractivity contribution in [3.05, 3.63) is 59.7 Å². The quantitative estimate of drug-likeness (QED) is 0.706. The van der Waals surface area contributed by atoms with Gasteiger partial charge in [-0.2, -0.15) is 22.0 Å². The first-order chi connectivity index (χ1) is 12.6. The summed E-state index contributed by atoms with van der Waals surface area (Å²) in [7, 11) is 0. The second kappa shape index (κ2) is 8.70. The summed E-state index contributed by atoms with van der Waals surface area (Å²) in [5.41, 5.74) is -0.283. The van der Waals surface area contributed by atoms with Gasteiger partial charge in [0.25, 0.3) is 5.91 Å². The number of halogens is 5. The lowest BCUT2D eigenvalue weighted by Crippen LogP contribution is -2.31. The largest absolute Gasteiger partial charge is 0.484 e. The summed E-state index contributed by atoms with van der Waals surface area (Å²) in [4.78, 5) is 11.9. The van der Waals surface area contributed by atoms with Crippen LogP contribution < -0.4 is 14.8 Å². The number of carbonyl (C=O) groups excluding carboxylic acids is 1. The topological polar surface area (TPSA) is 47.6 Å². The van der Waals surface area contributed by atoms with Crippen LogP contribution in [0.15, 0.2) is 48.5 Å². The third kappa shape index (κ3) is 6.43. The molecule has 0 aliphatic rings. The van der Waals surface area contributed by atoms with Gasteiger partial charge < -0.3 is 14.8 Å². The molecule has 2 aromatic carbocycles. The summed E-state index contributed by atoms with van der Waals surface area (Å²) in [5, 5.41) is 2.60. The highest BCUT2D eigenvalue weighted by Gasteiger charge is 2.30. The van der Waals surface area contributed by atoms with Crippen LogP contribution in [0.3, 0.4) is 0 Å². The van der Waals surface area contributed by atoms with Gasteiger partial charge in [-0.15, -0.1) is 0 Å². The zero-order valence-electron chi connectivity index (χ0n) is 14.1. The molecule has 0 spiro atoms. The smallest absolute Gasteiger partial charge is 0.416 e. The molecule has 0 saturated carbocycles. The van der Waals surface area contributed by atoms with Gasteiger partial charge in [-0.1, -0.05) is 12.1 Å². The van der Waals surface area contributed by atoms with Gasteiger partial charge >= 0.3 is 12.8 Å². The summed E-state index contributed by atoms with van der Waals surface area (Å²) in [6.07, 6.45) is -4.45. The first-order valence-corrected chi connectivity index (χ1v) is 7.79. The van der Waals surface area contributed by atoms with Crippen LogP contribution in [0.1, 0.15) is 24.1 Å². The van der Waals surface area contributed by atoms with Crippen LogP contribution in [-0.4, -0.2) is 19.1 Å². The fourth-order valence-electron chi connectivity index (χ4n) is 2.22. The van der Waals surface area contributed by atoms with E-state index in [4.69, 9.17) is 4.74 Å². The first kappa shape index (κ1) is 20.5. The lowest BCUT2D eigenvalue weighted by molar-refractivity contribution is -0.137. The number of alkyl halides is 5. The number of amides is 1. The van der Waals surface area contributed by atoms with Crippen LogP contribution in [0.25, 0.3) is 0 Å². The molecule has 2 aromatic rings. The Bertz CT molecular complexity index is 762. The maximum atomic E-state index is 12.5. The maximum absolute atomic E-state index is 12.5. The average Bonchev–Trinajstić information content (AvgIpc) is 2.59. The van der Waals surface area contributed by atoms with Crippen LogP contribution in [0, 0.1) is 0 Å². The molecule has 0 aliphatic carbocycles. The van der Waals surface area contributed by atoms with E-state index in [1.165, 1.54) is 18.2 Å². The fraction of sp³-hybridized carbons (Fsp3) is 0.278. The number of ether oxygens (including phenoxy) is 2. The number of carbonyl (C=O) groups is 1. The van der Waals surface area contributed by atoms with E-state index >= 15 is 0 Å². The Morgan fingerprint density at radius 3 is 2.33 bits per heavy atom. The highest BCUT2D eigenvalue weighted by Crippen LogP contribution is 2.30. The van der Waals surface area contributed by atoms with E-state index in [0.717, 1.165) is 24.3 Å². The Labute approximate surface area is 151 Å². The van der Waals surface area contributed by atoms with Gasteiger partial charge in [0.15, 0.2) is 6.61 Å². The molecule has 0 fully saturated rings. The van der Waals surface area contributed by atoms with E-state index in [0.29, 0.717) is 5.56 Å². The van der Waals surface area contributed by atoms with Crippen molar-refractivity contribution in [1.29, 1.82) is 0 Å². The normalized spacial score (nSPS) is 12.6. The minimum atomic E-state index is -4.45. The van der Waals surface area contributed by atoms with E-state index in [2.05, 4.69) is 10.1 Å². The molecular weight excluding hydrogens is 373 g/mol. The van der Waals surface area contributed by atoms with Crippen molar-refractivity contribution in [2.45, 2.75) is 25.8 Å². The lowest BCUT2D eigenvalue weighted by atomic mass is 10.1. The van der Waals surface area contributed by atoms with Gasteiger partial charge in [0.2, 0.25) is 0 Å². The van der Waals surface area contributed by atoms with Crippen LogP contribution in [0.4, 0.5) is 22.0 Å². The lowest BCUT2D eigenvalue weighted by Gasteiger charge is -2.16. The van der Waals surface area contributed by atoms with Gasteiger partial charge in [-0.25, -0.2) is 0 Å². The Morgan fingerprint density at radius 2 is 1.74 bits per heavy atom. The van der Waals surface area contributed by atoms with Gasteiger partial charge in [-0.3, -0.25) is 4.79 Å². The molecular formula is C18H16F5NO3. The first-order valence-electron chi connectivity index (χ1n) is 7.79. The molecule has 4 nitrogen and oxygen atoms in total. The second-order valence-electron chi connectivity index (χ2n) is 5.55. The van der Waals surface area contributed by atoms with E-state index in [1.54, 1.807) is 13.0 Å². The van der Waals surface area contributed by atoms with Crippen molar-refractivity contribution in [3.8, 4) is 11.5 Å². The molecule has 9 heteroatoms. The number of nitrogens with one attached hydrogen (secondary N) is 1. The number of benzene rings is 2. The second-order valence-corrected chi connectivity index (χ2v) is 5.55. The third-order valence-corrected chi connectivity index (χ3v) is 3.51. The highest BCUT2D eigenvalue weighted by atomic mass is 19.4. The van der Waals surface area contributed by atoms with Crippen LogP contribution >= 0.6 is 0 Å². The molecule has 0 radical (unpaired) electrons. The monoisotopic (exact) mass is 389 g/mol. The van der Waals surface area contributed by atoms with Crippen molar-refractivity contribution in [2.24, 2.45) is 0 Å². The molecule has 1 atom stereocenters. The molecule has 1 amide bonds. The fourth-order valence-corrected chi connectivity index (χ4v) is 2.22. The van der Waals surface area contributed by atoms with Gasteiger partial charge in [-0.05, 0) is 48.9 Å². The van der Waals surface area contributed by atoms with Crippen molar-refractivity contribution in [2.75, 3.05) is 6.61 Å². The average molecular weight is 389 g/mol. The van der Waals surface area contributed by atoms with Crippen molar-refractivity contribution < 1.29 is 36.2 Å². The van der Waals surface area contributed by atoms with E-state index in [9.17, 15) is 26.7 Å². The SMILES string of the molecule is CC(NC(=O)COc1ccc(C(F)(F)F)cc1)c1cccc(OC(F)F)c1. The van der Waals surface area contributed by atoms with Gasteiger partial charge in [0.05, 0.1) is 11.6 Å². The van der Waals surface area contributed by atoms with Crippen LogP contribution in [0.5, 0.6) is 11.5 Å². The molecule has 0 heterocycles. The number of rotatable bonds is 7. The van der Waals surface area contributed by atoms with Crippen molar-refractivity contribution in [3.63, 3.8) is 0 Å². The summed E-state index contributed by atoms with van der Waals surface area (Å²) >= 11 is 0. The van der Waals surface area contributed by atoms with E-state index < -0.39 is 36.9 Å². The van der Waals surface area contributed by atoms with E-state index in [-0.39, 0.29) is 11.5 Å². The molecule has 1 unspecified atom stereocenters. The molecule has 2 rings (SSSR count). The Morgan fingerprint density at radius 1 is 1.07 bits per heavy atom. The summed E-state index contributed by atoms with van der Waals surface area (Å²) in [6, 6.07) is 9.28. The number of hydrogen-bond acceptors (Lipinski definition) is 3. The van der Waals surface area contributed by atoms with Crippen molar-refractivity contribution in [1.82, 2.24) is 5.32 Å². The molecule has 0 aromatic heterocycles. The highest BCUT2D eigenvalue weighted by molar-refractivity contribution is 5.78. The zero-order valence-corrected chi connectivity index (χ0v) is 14.1. The molecule has 0 aliphatic heterocycles. The molecule has 146 valence electrons. The van der Waals surface area contributed by atoms with Crippen molar-refractivity contribution >= 4 is 5.91 Å². The third-order valence-electron chi connectivity index (χ3n) is 3.51. The molecule has 27 heavy (non-hydrogen) atoms. The molecule has 0 saturated heterocycles. The van der Waals surface area contributed by atoms with Crippen LogP contribution in [0.2, 0.25) is 0 Å². The molecule has 1 N–H and O–H groups in total. The predicted octanol–water partition coefficient (Wildman–Crippen LogP) is 4.56. The standard InChI is InChI=1S/C18H16F5NO3/c1-11(12-3-2-4-15(9-12)27-17(19)20)24-16(25)10-26-14-7-5-13(6-8-14)18(21,22)23/h2-9,11,17H,10H2,1H3,(H,24,25). The Kier molecular flexibility index (Phi) is 6.59. The summed E-state index contributed by atoms with van der Waals surface area (Å²) in [6.45, 7) is -1.73. The summed E-state index contributed by atoms with van der Waals surface area (Å²) < 4.78 is 71.4. The summed E-state index contributed by atoms with van der Waals surface area (Å²) in [5.74, 6) is -0.453. The Hall–Kier alpha value is -2.84. The minimum absolute atomic E-state index is 0.0374. The zero-order chi connectivity index (χ0) is 20.0. The predicted molar refractivity (Wildman–Crippen MR) is 86.6 cm³/mol. The minimum Gasteiger partial charge on any atom is -0.484 e. The maximum Gasteiger partial charge on any atom is 0.416 e. The van der Waals surface area contributed by atoms with Gasteiger partial charge in [0, 0.05) is 0 Å². The Balaban J connectivity index is 1.88.